The highest BCUT2D eigenvalue weighted by atomic mass is 16.5. The van der Waals surface area contributed by atoms with Gasteiger partial charge < -0.3 is 10.4 Å². The molecule has 0 fully saturated rings. The Bertz CT molecular complexity index is 706. The van der Waals surface area contributed by atoms with Crippen molar-refractivity contribution in [3.8, 4) is 5.69 Å². The summed E-state index contributed by atoms with van der Waals surface area (Å²) in [5.74, 6) is -0.902. The van der Waals surface area contributed by atoms with E-state index in [-0.39, 0.29) is 6.42 Å². The van der Waals surface area contributed by atoms with Crippen LogP contribution in [0.3, 0.4) is 0 Å². The lowest BCUT2D eigenvalue weighted by Crippen LogP contribution is -2.24. The Morgan fingerprint density at radius 1 is 1.23 bits per heavy atom. The van der Waals surface area contributed by atoms with E-state index in [0.717, 1.165) is 11.4 Å². The molecule has 2 amide bonds. The average molecular weight is 304 g/mol. The highest BCUT2D eigenvalue weighted by Gasteiger charge is 2.15. The van der Waals surface area contributed by atoms with E-state index in [1.807, 2.05) is 6.92 Å². The smallest absolute Gasteiger partial charge is 0.342 e. The summed E-state index contributed by atoms with van der Waals surface area (Å²) in [6.07, 6.45) is -0.0754. The van der Waals surface area contributed by atoms with Crippen molar-refractivity contribution in [3.05, 3.63) is 41.2 Å². The zero-order valence-corrected chi connectivity index (χ0v) is 12.1. The fourth-order valence-electron chi connectivity index (χ4n) is 2.18. The van der Waals surface area contributed by atoms with Gasteiger partial charge in [-0.25, -0.2) is 15.0 Å². The molecule has 0 aliphatic carbocycles. The van der Waals surface area contributed by atoms with Gasteiger partial charge in [0.2, 0.25) is 0 Å². The second kappa shape index (κ2) is 6.27. The molecule has 0 aliphatic rings. The van der Waals surface area contributed by atoms with Crippen LogP contribution in [0.2, 0.25) is 0 Å². The topological polar surface area (TPSA) is 116 Å². The van der Waals surface area contributed by atoms with Crippen molar-refractivity contribution in [2.75, 3.05) is 5.32 Å². The van der Waals surface area contributed by atoms with E-state index < -0.39 is 12.0 Å². The molecule has 0 unspecified atom stereocenters. The van der Waals surface area contributed by atoms with Crippen LogP contribution < -0.4 is 10.8 Å². The minimum absolute atomic E-state index is 0.0754. The van der Waals surface area contributed by atoms with Gasteiger partial charge in [0.15, 0.2) is 0 Å². The SMILES string of the molecule is Cc1nn(-c2ccc(NC(=O)NO)cc2)c(C)c1CC(=O)O. The molecule has 22 heavy (non-hydrogen) atoms. The molecule has 116 valence electrons. The van der Waals surface area contributed by atoms with Crippen LogP contribution in [0.25, 0.3) is 5.69 Å². The molecule has 0 radical (unpaired) electrons. The summed E-state index contributed by atoms with van der Waals surface area (Å²) in [7, 11) is 0. The monoisotopic (exact) mass is 304 g/mol. The maximum atomic E-state index is 11.0. The summed E-state index contributed by atoms with van der Waals surface area (Å²) < 4.78 is 1.66. The zero-order chi connectivity index (χ0) is 16.3. The number of nitrogens with zero attached hydrogens (tertiary/aromatic N) is 2. The van der Waals surface area contributed by atoms with Crippen molar-refractivity contribution >= 4 is 17.7 Å². The van der Waals surface area contributed by atoms with E-state index in [4.69, 9.17) is 10.3 Å². The number of carbonyl (C=O) groups excluding carboxylic acids is 1. The van der Waals surface area contributed by atoms with Gasteiger partial charge in [-0.2, -0.15) is 5.10 Å². The number of carboxylic acid groups (broad SMARTS) is 1. The second-order valence-electron chi connectivity index (χ2n) is 4.74. The molecule has 8 nitrogen and oxygen atoms in total. The molecule has 8 heteroatoms. The van der Waals surface area contributed by atoms with Gasteiger partial charge in [0.25, 0.3) is 0 Å². The number of hydrogen-bond acceptors (Lipinski definition) is 4. The number of aryl methyl sites for hydroxylation is 1. The predicted molar refractivity (Wildman–Crippen MR) is 78.3 cm³/mol. The van der Waals surface area contributed by atoms with Gasteiger partial charge in [-0.15, -0.1) is 0 Å². The quantitative estimate of drug-likeness (QED) is 0.506. The van der Waals surface area contributed by atoms with E-state index in [1.165, 1.54) is 5.48 Å². The lowest BCUT2D eigenvalue weighted by atomic mass is 10.1. The van der Waals surface area contributed by atoms with E-state index in [0.29, 0.717) is 16.9 Å². The number of aliphatic carboxylic acids is 1. The second-order valence-corrected chi connectivity index (χ2v) is 4.74. The third-order valence-corrected chi connectivity index (χ3v) is 3.24. The summed E-state index contributed by atoms with van der Waals surface area (Å²) in [5.41, 5.74) is 4.84. The first kappa shape index (κ1) is 15.5. The minimum Gasteiger partial charge on any atom is -0.481 e. The first-order chi connectivity index (χ1) is 10.4. The number of anilines is 1. The maximum Gasteiger partial charge on any atom is 0.342 e. The number of rotatable bonds is 4. The lowest BCUT2D eigenvalue weighted by molar-refractivity contribution is -0.136. The van der Waals surface area contributed by atoms with E-state index in [2.05, 4.69) is 10.4 Å². The van der Waals surface area contributed by atoms with Gasteiger partial charge in [-0.05, 0) is 38.1 Å². The Morgan fingerprint density at radius 2 is 1.86 bits per heavy atom. The van der Waals surface area contributed by atoms with Crippen molar-refractivity contribution in [3.63, 3.8) is 0 Å². The largest absolute Gasteiger partial charge is 0.481 e. The first-order valence-corrected chi connectivity index (χ1v) is 6.50. The molecule has 4 N–H and O–H groups in total. The molecule has 1 aromatic heterocycles. The van der Waals surface area contributed by atoms with Crippen LogP contribution in [0.4, 0.5) is 10.5 Å². The Morgan fingerprint density at radius 3 is 2.41 bits per heavy atom. The number of carbonyl (C=O) groups is 2. The molecule has 0 saturated carbocycles. The highest BCUT2D eigenvalue weighted by Crippen LogP contribution is 2.20. The van der Waals surface area contributed by atoms with Crippen molar-refractivity contribution in [2.24, 2.45) is 0 Å². The molecule has 1 heterocycles. The van der Waals surface area contributed by atoms with Gasteiger partial charge in [0.1, 0.15) is 0 Å². The van der Waals surface area contributed by atoms with Gasteiger partial charge in [-0.3, -0.25) is 10.0 Å². The molecule has 0 spiro atoms. The zero-order valence-electron chi connectivity index (χ0n) is 12.1. The van der Waals surface area contributed by atoms with Crippen molar-refractivity contribution in [1.29, 1.82) is 0 Å². The Hall–Kier alpha value is -2.87. The van der Waals surface area contributed by atoms with Crippen LogP contribution in [0.1, 0.15) is 17.0 Å². The summed E-state index contributed by atoms with van der Waals surface area (Å²) in [4.78, 5) is 21.9. The third-order valence-electron chi connectivity index (χ3n) is 3.24. The standard InChI is InChI=1S/C14H16N4O4/c1-8-12(7-13(19)20)9(2)18(16-8)11-5-3-10(4-6-11)15-14(21)17-22/h3-6,22H,7H2,1-2H3,(H,19,20)(H2,15,17,21). The fraction of sp³-hybridized carbons (Fsp3) is 0.214. The van der Waals surface area contributed by atoms with E-state index in [1.54, 1.807) is 35.9 Å². The van der Waals surface area contributed by atoms with Gasteiger partial charge in [0, 0.05) is 16.9 Å². The van der Waals surface area contributed by atoms with E-state index >= 15 is 0 Å². The van der Waals surface area contributed by atoms with Gasteiger partial charge >= 0.3 is 12.0 Å². The number of nitrogens with one attached hydrogen (secondary N) is 2. The molecule has 0 atom stereocenters. The number of aromatic nitrogens is 2. The average Bonchev–Trinajstić information content (AvgIpc) is 2.75. The fourth-order valence-corrected chi connectivity index (χ4v) is 2.18. The maximum absolute atomic E-state index is 11.0. The molecule has 2 aromatic rings. The van der Waals surface area contributed by atoms with Crippen molar-refractivity contribution in [1.82, 2.24) is 15.3 Å². The third kappa shape index (κ3) is 3.23. The predicted octanol–water partition coefficient (Wildman–Crippen LogP) is 1.63. The van der Waals surface area contributed by atoms with Crippen molar-refractivity contribution < 1.29 is 19.9 Å². The molecular formula is C14H16N4O4. The number of amides is 2. The number of carboxylic acids is 1. The first-order valence-electron chi connectivity index (χ1n) is 6.50. The molecule has 2 rings (SSSR count). The normalized spacial score (nSPS) is 10.3. The molecule has 0 bridgehead atoms. The number of benzene rings is 1. The summed E-state index contributed by atoms with van der Waals surface area (Å²) in [5, 5.41) is 24.2. The molecular weight excluding hydrogens is 288 g/mol. The van der Waals surface area contributed by atoms with Gasteiger partial charge in [-0.1, -0.05) is 0 Å². The van der Waals surface area contributed by atoms with Crippen LogP contribution in [0, 0.1) is 13.8 Å². The van der Waals surface area contributed by atoms with Crippen LogP contribution in [0.5, 0.6) is 0 Å². The molecule has 0 aliphatic heterocycles. The van der Waals surface area contributed by atoms with Crippen LogP contribution in [0.15, 0.2) is 24.3 Å². The van der Waals surface area contributed by atoms with E-state index in [9.17, 15) is 9.59 Å². The molecule has 1 aromatic carbocycles. The van der Waals surface area contributed by atoms with Crippen LogP contribution in [-0.2, 0) is 11.2 Å². The lowest BCUT2D eigenvalue weighted by Gasteiger charge is -2.07. The Balaban J connectivity index is 2.29. The van der Waals surface area contributed by atoms with Crippen LogP contribution >= 0.6 is 0 Å². The summed E-state index contributed by atoms with van der Waals surface area (Å²) >= 11 is 0. The Labute approximate surface area is 126 Å². The Kier molecular flexibility index (Phi) is 4.42. The number of hydrogen-bond donors (Lipinski definition) is 4. The number of urea groups is 1. The molecule has 0 saturated heterocycles. The number of hydroxylamine groups is 1. The van der Waals surface area contributed by atoms with Crippen LogP contribution in [-0.4, -0.2) is 32.1 Å². The highest BCUT2D eigenvalue weighted by molar-refractivity contribution is 5.88. The van der Waals surface area contributed by atoms with Crippen molar-refractivity contribution in [2.45, 2.75) is 20.3 Å². The minimum atomic E-state index is -0.902. The van der Waals surface area contributed by atoms with Gasteiger partial charge in [0.05, 0.1) is 17.8 Å². The summed E-state index contributed by atoms with van der Waals surface area (Å²) in [6.45, 7) is 3.58. The summed E-state index contributed by atoms with van der Waals surface area (Å²) in [6, 6.07) is 6.03.